The summed E-state index contributed by atoms with van der Waals surface area (Å²) >= 11 is 0. The molecule has 1 atom stereocenters. The Morgan fingerprint density at radius 3 is 2.27 bits per heavy atom. The van der Waals surface area contributed by atoms with E-state index in [4.69, 9.17) is 4.74 Å². The molecule has 0 aromatic carbocycles. The van der Waals surface area contributed by atoms with Gasteiger partial charge in [0.05, 0.1) is 0 Å². The standard InChI is InChI=1S/C13H26O2/c1-5-7-8-9-10-13(4,12(3)14)15-11-6-2/h5-11H2,1-4H3. The first-order chi connectivity index (χ1) is 7.06. The zero-order valence-corrected chi connectivity index (χ0v) is 10.8. The van der Waals surface area contributed by atoms with Crippen molar-refractivity contribution in [1.82, 2.24) is 0 Å². The fraction of sp³-hybridized carbons (Fsp3) is 0.923. The summed E-state index contributed by atoms with van der Waals surface area (Å²) in [6.07, 6.45) is 6.61. The highest BCUT2D eigenvalue weighted by molar-refractivity contribution is 5.84. The summed E-state index contributed by atoms with van der Waals surface area (Å²) in [6.45, 7) is 8.51. The number of Topliss-reactive ketones (excluding diaryl/α,β-unsaturated/α-hetero) is 1. The van der Waals surface area contributed by atoms with Crippen LogP contribution in [0, 0.1) is 0 Å². The van der Waals surface area contributed by atoms with Gasteiger partial charge in [0.15, 0.2) is 5.78 Å². The van der Waals surface area contributed by atoms with Gasteiger partial charge in [-0.25, -0.2) is 0 Å². The maximum atomic E-state index is 11.5. The van der Waals surface area contributed by atoms with Crippen LogP contribution in [0.1, 0.15) is 66.2 Å². The van der Waals surface area contributed by atoms with Crippen molar-refractivity contribution < 1.29 is 9.53 Å². The van der Waals surface area contributed by atoms with Gasteiger partial charge in [0.2, 0.25) is 0 Å². The van der Waals surface area contributed by atoms with Crippen LogP contribution in [-0.2, 0) is 9.53 Å². The van der Waals surface area contributed by atoms with E-state index in [1.807, 2.05) is 6.92 Å². The summed E-state index contributed by atoms with van der Waals surface area (Å²) in [5.74, 6) is 0.160. The maximum absolute atomic E-state index is 11.5. The van der Waals surface area contributed by atoms with E-state index in [9.17, 15) is 4.79 Å². The minimum atomic E-state index is -0.538. The lowest BCUT2D eigenvalue weighted by molar-refractivity contribution is -0.141. The molecule has 0 aliphatic heterocycles. The second-order valence-corrected chi connectivity index (χ2v) is 4.45. The molecule has 15 heavy (non-hydrogen) atoms. The smallest absolute Gasteiger partial charge is 0.161 e. The van der Waals surface area contributed by atoms with Crippen LogP contribution in [0.15, 0.2) is 0 Å². The van der Waals surface area contributed by atoms with Gasteiger partial charge in [-0.1, -0.05) is 39.5 Å². The van der Waals surface area contributed by atoms with Crippen molar-refractivity contribution in [3.8, 4) is 0 Å². The highest BCUT2D eigenvalue weighted by Gasteiger charge is 2.29. The molecule has 0 aliphatic rings. The molecule has 0 bridgehead atoms. The highest BCUT2D eigenvalue weighted by Crippen LogP contribution is 2.21. The lowest BCUT2D eigenvalue weighted by atomic mass is 9.94. The van der Waals surface area contributed by atoms with Gasteiger partial charge in [-0.3, -0.25) is 4.79 Å². The van der Waals surface area contributed by atoms with Crippen LogP contribution >= 0.6 is 0 Å². The van der Waals surface area contributed by atoms with Crippen molar-refractivity contribution >= 4 is 5.78 Å². The van der Waals surface area contributed by atoms with E-state index in [1.165, 1.54) is 19.3 Å². The van der Waals surface area contributed by atoms with Crippen LogP contribution in [-0.4, -0.2) is 18.0 Å². The molecule has 0 rings (SSSR count). The molecule has 90 valence electrons. The third-order valence-corrected chi connectivity index (χ3v) is 2.88. The molecule has 1 unspecified atom stereocenters. The van der Waals surface area contributed by atoms with Gasteiger partial charge < -0.3 is 4.74 Å². The van der Waals surface area contributed by atoms with Crippen LogP contribution in [0.4, 0.5) is 0 Å². The Bertz CT molecular complexity index is 177. The van der Waals surface area contributed by atoms with Gasteiger partial charge >= 0.3 is 0 Å². The van der Waals surface area contributed by atoms with Crippen molar-refractivity contribution in [3.63, 3.8) is 0 Å². The SMILES string of the molecule is CCCCCCC(C)(OCCC)C(C)=O. The normalized spacial score (nSPS) is 14.9. The molecule has 0 fully saturated rings. The van der Waals surface area contributed by atoms with E-state index >= 15 is 0 Å². The average molecular weight is 214 g/mol. The summed E-state index contributed by atoms with van der Waals surface area (Å²) in [5, 5.41) is 0. The van der Waals surface area contributed by atoms with Crippen LogP contribution in [0.25, 0.3) is 0 Å². The Hall–Kier alpha value is -0.370. The molecule has 2 heteroatoms. The first-order valence-corrected chi connectivity index (χ1v) is 6.21. The first kappa shape index (κ1) is 14.6. The van der Waals surface area contributed by atoms with Gasteiger partial charge in [-0.15, -0.1) is 0 Å². The Kier molecular flexibility index (Phi) is 7.67. The lowest BCUT2D eigenvalue weighted by Gasteiger charge is -2.27. The Morgan fingerprint density at radius 1 is 1.13 bits per heavy atom. The molecule has 2 nitrogen and oxygen atoms in total. The van der Waals surface area contributed by atoms with E-state index in [1.54, 1.807) is 6.92 Å². The minimum Gasteiger partial charge on any atom is -0.368 e. The third kappa shape index (κ3) is 5.93. The van der Waals surface area contributed by atoms with Gasteiger partial charge in [-0.05, 0) is 26.7 Å². The van der Waals surface area contributed by atoms with E-state index in [2.05, 4.69) is 13.8 Å². The molecule has 0 spiro atoms. The Balaban J connectivity index is 3.96. The van der Waals surface area contributed by atoms with E-state index in [-0.39, 0.29) is 5.78 Å². The molecule has 0 aromatic heterocycles. The third-order valence-electron chi connectivity index (χ3n) is 2.88. The fourth-order valence-corrected chi connectivity index (χ4v) is 1.57. The highest BCUT2D eigenvalue weighted by atomic mass is 16.5. The predicted molar refractivity (Wildman–Crippen MR) is 64.1 cm³/mol. The first-order valence-electron chi connectivity index (χ1n) is 6.21. The summed E-state index contributed by atoms with van der Waals surface area (Å²) in [5.41, 5.74) is -0.538. The molecule has 0 saturated heterocycles. The van der Waals surface area contributed by atoms with Crippen molar-refractivity contribution in [3.05, 3.63) is 0 Å². The van der Waals surface area contributed by atoms with Crippen LogP contribution in [0.2, 0.25) is 0 Å². The molecule has 0 heterocycles. The van der Waals surface area contributed by atoms with E-state index in [0.717, 1.165) is 19.3 Å². The summed E-state index contributed by atoms with van der Waals surface area (Å²) in [7, 11) is 0. The quantitative estimate of drug-likeness (QED) is 0.547. The summed E-state index contributed by atoms with van der Waals surface area (Å²) in [4.78, 5) is 11.5. The van der Waals surface area contributed by atoms with E-state index in [0.29, 0.717) is 6.61 Å². The molecule has 0 radical (unpaired) electrons. The molecule has 0 aromatic rings. The van der Waals surface area contributed by atoms with Gasteiger partial charge in [0.1, 0.15) is 5.60 Å². The van der Waals surface area contributed by atoms with Gasteiger partial charge in [0.25, 0.3) is 0 Å². The summed E-state index contributed by atoms with van der Waals surface area (Å²) in [6, 6.07) is 0. The molecular formula is C13H26O2. The largest absolute Gasteiger partial charge is 0.368 e. The Morgan fingerprint density at radius 2 is 1.80 bits per heavy atom. The number of unbranched alkanes of at least 4 members (excludes halogenated alkanes) is 3. The zero-order valence-electron chi connectivity index (χ0n) is 10.8. The van der Waals surface area contributed by atoms with Crippen LogP contribution < -0.4 is 0 Å². The van der Waals surface area contributed by atoms with Crippen LogP contribution in [0.5, 0.6) is 0 Å². The topological polar surface area (TPSA) is 26.3 Å². The number of carbonyl (C=O) groups excluding carboxylic acids is 1. The average Bonchev–Trinajstić information content (AvgIpc) is 2.21. The second kappa shape index (κ2) is 7.86. The molecule has 0 amide bonds. The number of rotatable bonds is 9. The fourth-order valence-electron chi connectivity index (χ4n) is 1.57. The summed E-state index contributed by atoms with van der Waals surface area (Å²) < 4.78 is 5.67. The van der Waals surface area contributed by atoms with Crippen molar-refractivity contribution in [2.24, 2.45) is 0 Å². The van der Waals surface area contributed by atoms with Crippen molar-refractivity contribution in [2.45, 2.75) is 71.8 Å². The maximum Gasteiger partial charge on any atom is 0.161 e. The van der Waals surface area contributed by atoms with E-state index < -0.39 is 5.60 Å². The van der Waals surface area contributed by atoms with Crippen molar-refractivity contribution in [2.75, 3.05) is 6.61 Å². The van der Waals surface area contributed by atoms with Gasteiger partial charge in [-0.2, -0.15) is 0 Å². The second-order valence-electron chi connectivity index (χ2n) is 4.45. The Labute approximate surface area is 94.4 Å². The monoisotopic (exact) mass is 214 g/mol. The number of hydrogen-bond acceptors (Lipinski definition) is 2. The molecular weight excluding hydrogens is 188 g/mol. The van der Waals surface area contributed by atoms with Crippen LogP contribution in [0.3, 0.4) is 0 Å². The van der Waals surface area contributed by atoms with Crippen molar-refractivity contribution in [1.29, 1.82) is 0 Å². The predicted octanol–water partition coefficient (Wildman–Crippen LogP) is 3.73. The number of ether oxygens (including phenoxy) is 1. The number of carbonyl (C=O) groups is 1. The number of hydrogen-bond donors (Lipinski definition) is 0. The minimum absolute atomic E-state index is 0.160. The molecule has 0 saturated carbocycles. The molecule has 0 N–H and O–H groups in total. The zero-order chi connectivity index (χ0) is 11.7. The van der Waals surface area contributed by atoms with Gasteiger partial charge in [0, 0.05) is 6.61 Å². The lowest BCUT2D eigenvalue weighted by Crippen LogP contribution is -2.37. The molecule has 0 aliphatic carbocycles. The number of ketones is 1.